The molecule has 26 heavy (non-hydrogen) atoms. The van der Waals surface area contributed by atoms with Crippen LogP contribution in [0, 0.1) is 6.92 Å². The molecule has 0 unspecified atom stereocenters. The van der Waals surface area contributed by atoms with Crippen LogP contribution < -0.4 is 10.2 Å². The molecule has 3 rings (SSSR count). The third-order valence-corrected chi connectivity index (χ3v) is 5.82. The molecule has 1 fully saturated rings. The first-order chi connectivity index (χ1) is 12.6. The summed E-state index contributed by atoms with van der Waals surface area (Å²) in [5.41, 5.74) is 4.57. The van der Waals surface area contributed by atoms with Gasteiger partial charge in [0.05, 0.1) is 18.5 Å². The molecule has 1 saturated heterocycles. The van der Waals surface area contributed by atoms with Crippen LogP contribution in [0.25, 0.3) is 0 Å². The van der Waals surface area contributed by atoms with Crippen LogP contribution in [0.4, 0.5) is 11.4 Å². The summed E-state index contributed by atoms with van der Waals surface area (Å²) in [7, 11) is 0. The number of nitrogens with one attached hydrogen (secondary N) is 1. The van der Waals surface area contributed by atoms with Gasteiger partial charge in [-0.25, -0.2) is 0 Å². The van der Waals surface area contributed by atoms with Gasteiger partial charge < -0.3 is 15.0 Å². The van der Waals surface area contributed by atoms with Gasteiger partial charge in [0.2, 0.25) is 5.91 Å². The molecule has 0 bridgehead atoms. The molecule has 2 aromatic rings. The molecular formula is C21H26N2O2S. The minimum absolute atomic E-state index is 0.0442. The summed E-state index contributed by atoms with van der Waals surface area (Å²) in [5, 5.41) is 2.92. The van der Waals surface area contributed by atoms with E-state index in [0.29, 0.717) is 0 Å². The highest BCUT2D eigenvalue weighted by molar-refractivity contribution is 7.99. The Morgan fingerprint density at radius 1 is 1.15 bits per heavy atom. The van der Waals surface area contributed by atoms with E-state index in [9.17, 15) is 4.79 Å². The van der Waals surface area contributed by atoms with E-state index in [1.165, 1.54) is 16.8 Å². The lowest BCUT2D eigenvalue weighted by Gasteiger charge is -2.28. The molecule has 138 valence electrons. The van der Waals surface area contributed by atoms with Crippen LogP contribution in [0.3, 0.4) is 0 Å². The summed E-state index contributed by atoms with van der Waals surface area (Å²) < 4.78 is 5.39. The van der Waals surface area contributed by atoms with Gasteiger partial charge in [0.25, 0.3) is 0 Å². The molecule has 1 aliphatic heterocycles. The van der Waals surface area contributed by atoms with Gasteiger partial charge in [0.15, 0.2) is 0 Å². The number of anilines is 2. The summed E-state index contributed by atoms with van der Waals surface area (Å²) in [6.45, 7) is 7.44. The molecule has 1 aliphatic rings. The van der Waals surface area contributed by atoms with E-state index in [1.807, 2.05) is 31.2 Å². The average Bonchev–Trinajstić information content (AvgIpc) is 2.68. The van der Waals surface area contributed by atoms with Gasteiger partial charge in [0, 0.05) is 30.2 Å². The van der Waals surface area contributed by atoms with E-state index in [4.69, 9.17) is 4.74 Å². The number of amides is 1. The van der Waals surface area contributed by atoms with Crippen molar-refractivity contribution in [3.63, 3.8) is 0 Å². The predicted molar refractivity (Wildman–Crippen MR) is 110 cm³/mol. The molecule has 1 N–H and O–H groups in total. The van der Waals surface area contributed by atoms with Gasteiger partial charge in [-0.3, -0.25) is 4.79 Å². The standard InChI is InChI=1S/C21H26N2O2S/c1-16-5-3-4-6-18(16)15-26-17(2)21(24)22-19-7-9-20(10-8-19)23-11-13-25-14-12-23/h3-10,17H,11-15H2,1-2H3,(H,22,24)/t17-/m0/s1. The van der Waals surface area contributed by atoms with Crippen LogP contribution in [0.2, 0.25) is 0 Å². The molecular weight excluding hydrogens is 344 g/mol. The summed E-state index contributed by atoms with van der Waals surface area (Å²) in [6, 6.07) is 16.4. The maximum Gasteiger partial charge on any atom is 0.237 e. The third-order valence-electron chi connectivity index (χ3n) is 4.63. The van der Waals surface area contributed by atoms with Gasteiger partial charge in [-0.15, -0.1) is 11.8 Å². The summed E-state index contributed by atoms with van der Waals surface area (Å²) in [6.07, 6.45) is 0. The molecule has 0 aliphatic carbocycles. The van der Waals surface area contributed by atoms with Crippen molar-refractivity contribution in [3.8, 4) is 0 Å². The SMILES string of the molecule is Cc1ccccc1CS[C@@H](C)C(=O)Nc1ccc(N2CCOCC2)cc1. The number of hydrogen-bond acceptors (Lipinski definition) is 4. The predicted octanol–water partition coefficient (Wildman–Crippen LogP) is 4.09. The summed E-state index contributed by atoms with van der Waals surface area (Å²) in [5.74, 6) is 0.889. The Morgan fingerprint density at radius 2 is 1.85 bits per heavy atom. The monoisotopic (exact) mass is 370 g/mol. The molecule has 2 aromatic carbocycles. The van der Waals surface area contributed by atoms with Crippen molar-refractivity contribution in [3.05, 3.63) is 59.7 Å². The van der Waals surface area contributed by atoms with E-state index < -0.39 is 0 Å². The van der Waals surface area contributed by atoms with Crippen molar-refractivity contribution in [2.75, 3.05) is 36.5 Å². The van der Waals surface area contributed by atoms with Crippen LogP contribution >= 0.6 is 11.8 Å². The van der Waals surface area contributed by atoms with E-state index >= 15 is 0 Å². The van der Waals surface area contributed by atoms with Gasteiger partial charge >= 0.3 is 0 Å². The zero-order chi connectivity index (χ0) is 18.4. The normalized spacial score (nSPS) is 15.5. The first-order valence-electron chi connectivity index (χ1n) is 9.03. The lowest BCUT2D eigenvalue weighted by Crippen LogP contribution is -2.36. The number of aryl methyl sites for hydroxylation is 1. The first-order valence-corrected chi connectivity index (χ1v) is 10.1. The minimum Gasteiger partial charge on any atom is -0.378 e. The Hall–Kier alpha value is -1.98. The zero-order valence-corrected chi connectivity index (χ0v) is 16.2. The van der Waals surface area contributed by atoms with Crippen molar-refractivity contribution in [1.29, 1.82) is 0 Å². The molecule has 0 aromatic heterocycles. The Bertz CT molecular complexity index is 727. The maximum atomic E-state index is 12.4. The Labute approximate surface area is 159 Å². The topological polar surface area (TPSA) is 41.6 Å². The maximum absolute atomic E-state index is 12.4. The quantitative estimate of drug-likeness (QED) is 0.831. The second-order valence-electron chi connectivity index (χ2n) is 6.52. The average molecular weight is 371 g/mol. The van der Waals surface area contributed by atoms with Gasteiger partial charge in [0.1, 0.15) is 0 Å². The summed E-state index contributed by atoms with van der Waals surface area (Å²) in [4.78, 5) is 14.7. The number of hydrogen-bond donors (Lipinski definition) is 1. The number of nitrogens with zero attached hydrogens (tertiary/aromatic N) is 1. The Morgan fingerprint density at radius 3 is 2.54 bits per heavy atom. The van der Waals surface area contributed by atoms with Crippen LogP contribution in [0.1, 0.15) is 18.1 Å². The van der Waals surface area contributed by atoms with Crippen molar-refractivity contribution in [1.82, 2.24) is 0 Å². The Balaban J connectivity index is 1.51. The molecule has 0 saturated carbocycles. The van der Waals surface area contributed by atoms with E-state index in [2.05, 4.69) is 41.4 Å². The highest BCUT2D eigenvalue weighted by Crippen LogP contribution is 2.23. The van der Waals surface area contributed by atoms with Crippen LogP contribution in [0.15, 0.2) is 48.5 Å². The second-order valence-corrected chi connectivity index (χ2v) is 7.84. The number of carbonyl (C=O) groups is 1. The molecule has 5 heteroatoms. The van der Waals surface area contributed by atoms with E-state index in [-0.39, 0.29) is 11.2 Å². The lowest BCUT2D eigenvalue weighted by molar-refractivity contribution is -0.115. The summed E-state index contributed by atoms with van der Waals surface area (Å²) >= 11 is 1.66. The molecule has 0 radical (unpaired) electrons. The number of morpholine rings is 1. The van der Waals surface area contributed by atoms with E-state index in [1.54, 1.807) is 11.8 Å². The van der Waals surface area contributed by atoms with Crippen LogP contribution in [-0.2, 0) is 15.3 Å². The largest absolute Gasteiger partial charge is 0.378 e. The fourth-order valence-corrected chi connectivity index (χ4v) is 3.85. The number of ether oxygens (including phenoxy) is 1. The molecule has 1 amide bonds. The van der Waals surface area contributed by atoms with Crippen LogP contribution in [-0.4, -0.2) is 37.5 Å². The fourth-order valence-electron chi connectivity index (χ4n) is 2.88. The number of rotatable bonds is 6. The van der Waals surface area contributed by atoms with E-state index in [0.717, 1.165) is 37.7 Å². The number of benzene rings is 2. The van der Waals surface area contributed by atoms with Crippen LogP contribution in [0.5, 0.6) is 0 Å². The third kappa shape index (κ3) is 5.02. The van der Waals surface area contributed by atoms with Gasteiger partial charge in [-0.2, -0.15) is 0 Å². The second kappa shape index (κ2) is 9.10. The lowest BCUT2D eigenvalue weighted by atomic mass is 10.1. The number of thioether (sulfide) groups is 1. The molecule has 4 nitrogen and oxygen atoms in total. The van der Waals surface area contributed by atoms with Crippen molar-refractivity contribution >= 4 is 29.0 Å². The van der Waals surface area contributed by atoms with Crippen molar-refractivity contribution in [2.24, 2.45) is 0 Å². The van der Waals surface area contributed by atoms with Crippen molar-refractivity contribution in [2.45, 2.75) is 24.9 Å². The minimum atomic E-state index is -0.103. The first kappa shape index (κ1) is 18.8. The molecule has 1 heterocycles. The highest BCUT2D eigenvalue weighted by atomic mass is 32.2. The Kier molecular flexibility index (Phi) is 6.58. The van der Waals surface area contributed by atoms with Gasteiger partial charge in [-0.05, 0) is 49.2 Å². The van der Waals surface area contributed by atoms with Crippen molar-refractivity contribution < 1.29 is 9.53 Å². The number of carbonyl (C=O) groups excluding carboxylic acids is 1. The fraction of sp³-hybridized carbons (Fsp3) is 0.381. The molecule has 0 spiro atoms. The van der Waals surface area contributed by atoms with Gasteiger partial charge in [-0.1, -0.05) is 24.3 Å². The smallest absolute Gasteiger partial charge is 0.237 e. The molecule has 1 atom stereocenters. The zero-order valence-electron chi connectivity index (χ0n) is 15.4. The highest BCUT2D eigenvalue weighted by Gasteiger charge is 2.15.